The maximum absolute atomic E-state index is 12.6. The summed E-state index contributed by atoms with van der Waals surface area (Å²) in [5.41, 5.74) is -0.233. The number of fused-ring (bicyclic) bond motifs is 1. The van der Waals surface area contributed by atoms with Crippen molar-refractivity contribution in [1.82, 2.24) is 0 Å². The zero-order valence-electron chi connectivity index (χ0n) is 16.1. The van der Waals surface area contributed by atoms with E-state index in [1.165, 1.54) is 30.0 Å². The number of phenols is 2. The highest BCUT2D eigenvalue weighted by Crippen LogP contribution is 2.42. The highest BCUT2D eigenvalue weighted by molar-refractivity contribution is 7.99. The number of rotatable bonds is 4. The Morgan fingerprint density at radius 3 is 2.68 bits per heavy atom. The summed E-state index contributed by atoms with van der Waals surface area (Å²) >= 11 is 1.50. The molecule has 2 unspecified atom stereocenters. The molecule has 4 rings (SSSR count). The number of ether oxygens (including phenoxy) is 2. The van der Waals surface area contributed by atoms with E-state index in [9.17, 15) is 30.3 Å². The maximum atomic E-state index is 12.6. The van der Waals surface area contributed by atoms with Crippen LogP contribution >= 0.6 is 11.8 Å². The molecule has 9 nitrogen and oxygen atoms in total. The molecular formula is C21H20O9S. The molecule has 5 N–H and O–H groups in total. The second kappa shape index (κ2) is 8.58. The van der Waals surface area contributed by atoms with Gasteiger partial charge in [0, 0.05) is 23.5 Å². The smallest absolute Gasteiger partial charge is 0.209 e. The summed E-state index contributed by atoms with van der Waals surface area (Å²) in [6, 6.07) is 2.40. The van der Waals surface area contributed by atoms with Crippen molar-refractivity contribution in [2.24, 2.45) is 0 Å². The van der Waals surface area contributed by atoms with Gasteiger partial charge in [-0.05, 0) is 18.6 Å². The molecule has 2 aliphatic rings. The Kier molecular flexibility index (Phi) is 5.86. The van der Waals surface area contributed by atoms with Crippen molar-refractivity contribution < 1.29 is 39.4 Å². The first kappa shape index (κ1) is 21.2. The number of aromatic hydroxyl groups is 2. The van der Waals surface area contributed by atoms with Gasteiger partial charge < -0.3 is 39.4 Å². The molecule has 31 heavy (non-hydrogen) atoms. The number of thioether (sulfide) groups is 1. The van der Waals surface area contributed by atoms with E-state index in [0.29, 0.717) is 17.1 Å². The lowest BCUT2D eigenvalue weighted by molar-refractivity contribution is -0.115. The Labute approximate surface area is 180 Å². The summed E-state index contributed by atoms with van der Waals surface area (Å²) < 4.78 is 17.0. The second-order valence-corrected chi connectivity index (χ2v) is 8.07. The van der Waals surface area contributed by atoms with Crippen molar-refractivity contribution in [3.63, 3.8) is 0 Å². The molecule has 0 amide bonds. The van der Waals surface area contributed by atoms with Gasteiger partial charge in [-0.1, -0.05) is 6.08 Å². The fourth-order valence-corrected chi connectivity index (χ4v) is 4.18. The number of aliphatic hydroxyl groups excluding tert-OH is 3. The Morgan fingerprint density at radius 1 is 1.10 bits per heavy atom. The van der Waals surface area contributed by atoms with E-state index in [0.717, 1.165) is 6.07 Å². The minimum absolute atomic E-state index is 0.0446. The molecule has 1 aromatic carbocycles. The van der Waals surface area contributed by atoms with E-state index >= 15 is 0 Å². The Hall–Kier alpha value is -3.08. The molecule has 0 spiro atoms. The first-order chi connectivity index (χ1) is 14.9. The van der Waals surface area contributed by atoms with Gasteiger partial charge in [-0.25, -0.2) is 0 Å². The fourth-order valence-electron chi connectivity index (χ4n) is 3.26. The number of hydrogen-bond donors (Lipinski definition) is 5. The summed E-state index contributed by atoms with van der Waals surface area (Å²) in [4.78, 5) is 12.6. The summed E-state index contributed by atoms with van der Waals surface area (Å²) in [7, 11) is 0. The third-order valence-electron chi connectivity index (χ3n) is 4.80. The predicted molar refractivity (Wildman–Crippen MR) is 114 cm³/mol. The zero-order chi connectivity index (χ0) is 22.1. The van der Waals surface area contributed by atoms with Gasteiger partial charge in [0.1, 0.15) is 16.7 Å². The van der Waals surface area contributed by atoms with Crippen LogP contribution in [0.25, 0.3) is 16.5 Å². The fraction of sp³-hybridized carbons (Fsp3) is 0.286. The average Bonchev–Trinajstić information content (AvgIpc) is 2.92. The minimum Gasteiger partial charge on any atom is -0.504 e. The highest BCUT2D eigenvalue weighted by Gasteiger charge is 2.26. The topological polar surface area (TPSA) is 150 Å². The van der Waals surface area contributed by atoms with Gasteiger partial charge in [-0.15, -0.1) is 0 Å². The third kappa shape index (κ3) is 4.22. The SMILES string of the molecule is O=c1cc(C2=CC(O)=C(O)C=CC2)oc2cc(OC3CSCC(CO)O3)c(O)c(O)c12. The van der Waals surface area contributed by atoms with Crippen molar-refractivity contribution in [3.8, 4) is 17.2 Å². The van der Waals surface area contributed by atoms with Crippen molar-refractivity contribution >= 4 is 28.3 Å². The number of allylic oxidation sites excluding steroid dienone is 4. The van der Waals surface area contributed by atoms with Crippen molar-refractivity contribution in [2.75, 3.05) is 18.1 Å². The van der Waals surface area contributed by atoms with Crippen LogP contribution in [0, 0.1) is 0 Å². The molecule has 0 bridgehead atoms. The van der Waals surface area contributed by atoms with Crippen LogP contribution in [-0.4, -0.2) is 56.0 Å². The molecular weight excluding hydrogens is 428 g/mol. The van der Waals surface area contributed by atoms with Crippen molar-refractivity contribution in [2.45, 2.75) is 18.8 Å². The lowest BCUT2D eigenvalue weighted by atomic mass is 10.1. The van der Waals surface area contributed by atoms with Crippen LogP contribution in [0.1, 0.15) is 12.2 Å². The van der Waals surface area contributed by atoms with Gasteiger partial charge in [0.2, 0.25) is 12.0 Å². The number of aliphatic hydroxyl groups is 3. The van der Waals surface area contributed by atoms with Crippen LogP contribution in [0.2, 0.25) is 0 Å². The number of hydrogen-bond acceptors (Lipinski definition) is 10. The van der Waals surface area contributed by atoms with E-state index in [4.69, 9.17) is 13.9 Å². The predicted octanol–water partition coefficient (Wildman–Crippen LogP) is 2.70. The first-order valence-electron chi connectivity index (χ1n) is 9.40. The van der Waals surface area contributed by atoms with Crippen LogP contribution in [-0.2, 0) is 4.74 Å². The van der Waals surface area contributed by atoms with Crippen LogP contribution < -0.4 is 10.2 Å². The standard InChI is InChI=1S/C21H20O9S/c22-7-11-8-31-9-18(28-11)30-17-6-16-19(21(27)20(17)26)14(25)5-15(29-16)10-2-1-3-12(23)13(24)4-10/h1,3-6,11,18,22-24,26-27H,2,7-9H2. The third-order valence-corrected chi connectivity index (χ3v) is 5.91. The Morgan fingerprint density at radius 2 is 1.90 bits per heavy atom. The number of benzene rings is 1. The normalized spacial score (nSPS) is 21.8. The lowest BCUT2D eigenvalue weighted by Gasteiger charge is -2.29. The molecule has 0 radical (unpaired) electrons. The molecule has 1 fully saturated rings. The van der Waals surface area contributed by atoms with Gasteiger partial charge in [0.15, 0.2) is 28.4 Å². The summed E-state index contributed by atoms with van der Waals surface area (Å²) in [5.74, 6) is -1.01. The molecule has 0 saturated carbocycles. The monoisotopic (exact) mass is 448 g/mol. The van der Waals surface area contributed by atoms with Crippen molar-refractivity contribution in [1.29, 1.82) is 0 Å². The number of phenolic OH excluding ortho intramolecular Hbond substituents is 2. The Bertz CT molecular complexity index is 1160. The van der Waals surface area contributed by atoms with E-state index < -0.39 is 29.3 Å². The van der Waals surface area contributed by atoms with Gasteiger partial charge >= 0.3 is 0 Å². The molecule has 2 aromatic rings. The van der Waals surface area contributed by atoms with Crippen molar-refractivity contribution in [3.05, 3.63) is 57.9 Å². The molecule has 164 valence electrons. The van der Waals surface area contributed by atoms with E-state index in [-0.39, 0.29) is 47.0 Å². The molecule has 1 aromatic heterocycles. The lowest BCUT2D eigenvalue weighted by Crippen LogP contribution is -2.37. The van der Waals surface area contributed by atoms with Gasteiger partial charge in [0.05, 0.1) is 18.5 Å². The molecule has 2 heterocycles. The van der Waals surface area contributed by atoms with Crippen LogP contribution in [0.15, 0.2) is 51.1 Å². The van der Waals surface area contributed by atoms with Crippen LogP contribution in [0.5, 0.6) is 17.2 Å². The molecule has 2 atom stereocenters. The largest absolute Gasteiger partial charge is 0.504 e. The van der Waals surface area contributed by atoms with Crippen LogP contribution in [0.3, 0.4) is 0 Å². The Balaban J connectivity index is 1.75. The van der Waals surface area contributed by atoms with E-state index in [2.05, 4.69) is 0 Å². The zero-order valence-corrected chi connectivity index (χ0v) is 17.0. The quantitative estimate of drug-likeness (QED) is 0.442. The summed E-state index contributed by atoms with van der Waals surface area (Å²) in [6.45, 7) is -0.180. The second-order valence-electron chi connectivity index (χ2n) is 6.99. The molecule has 1 aliphatic carbocycles. The van der Waals surface area contributed by atoms with Gasteiger partial charge in [-0.3, -0.25) is 4.79 Å². The summed E-state index contributed by atoms with van der Waals surface area (Å²) in [5, 5.41) is 49.3. The van der Waals surface area contributed by atoms with Gasteiger partial charge in [-0.2, -0.15) is 11.8 Å². The van der Waals surface area contributed by atoms with E-state index in [1.54, 1.807) is 6.08 Å². The van der Waals surface area contributed by atoms with Gasteiger partial charge in [0.25, 0.3) is 0 Å². The van der Waals surface area contributed by atoms with Crippen LogP contribution in [0.4, 0.5) is 0 Å². The summed E-state index contributed by atoms with van der Waals surface area (Å²) in [6.07, 6.45) is 3.26. The average molecular weight is 448 g/mol. The molecule has 1 saturated heterocycles. The minimum atomic E-state index is -0.784. The highest BCUT2D eigenvalue weighted by atomic mass is 32.2. The van der Waals surface area contributed by atoms with E-state index in [1.807, 2.05) is 0 Å². The molecule has 10 heteroatoms. The molecule has 1 aliphatic heterocycles. The first-order valence-corrected chi connectivity index (χ1v) is 10.6. The maximum Gasteiger partial charge on any atom is 0.209 e.